The van der Waals surface area contributed by atoms with Gasteiger partial charge in [-0.2, -0.15) is 0 Å². The molecule has 0 aromatic heterocycles. The van der Waals surface area contributed by atoms with Crippen LogP contribution >= 0.6 is 0 Å². The molecule has 0 radical (unpaired) electrons. The van der Waals surface area contributed by atoms with Crippen LogP contribution in [0, 0.1) is 0 Å². The van der Waals surface area contributed by atoms with Crippen molar-refractivity contribution < 1.29 is 15.0 Å². The summed E-state index contributed by atoms with van der Waals surface area (Å²) in [7, 11) is 0. The number of aromatic hydroxyl groups is 1. The molecule has 0 heterocycles. The second-order valence-electron chi connectivity index (χ2n) is 8.98. The molecule has 136 valence electrons. The summed E-state index contributed by atoms with van der Waals surface area (Å²) in [6.45, 7) is 16.6. The van der Waals surface area contributed by atoms with Crippen LogP contribution in [0.2, 0.25) is 0 Å². The molecule has 0 fully saturated rings. The molecule has 0 aliphatic carbocycles. The van der Waals surface area contributed by atoms with E-state index < -0.39 is 11.4 Å². The largest absolute Gasteiger partial charge is 0.507 e. The van der Waals surface area contributed by atoms with Crippen molar-refractivity contribution in [3.05, 3.63) is 28.8 Å². The fourth-order valence-corrected chi connectivity index (χ4v) is 3.38. The lowest BCUT2D eigenvalue weighted by molar-refractivity contribution is -0.138. The van der Waals surface area contributed by atoms with Gasteiger partial charge in [0.15, 0.2) is 0 Å². The highest BCUT2D eigenvalue weighted by atomic mass is 16.4. The zero-order valence-corrected chi connectivity index (χ0v) is 16.6. The first-order valence-corrected chi connectivity index (χ1v) is 8.88. The lowest BCUT2D eigenvalue weighted by Gasteiger charge is -2.35. The second kappa shape index (κ2) is 6.78. The van der Waals surface area contributed by atoms with E-state index in [1.54, 1.807) is 0 Å². The Bertz CT molecular complexity index is 561. The molecule has 0 saturated heterocycles. The predicted octanol–water partition coefficient (Wildman–Crippen LogP) is 5.52. The van der Waals surface area contributed by atoms with E-state index >= 15 is 0 Å². The minimum absolute atomic E-state index is 0.109. The molecule has 1 aromatic carbocycles. The molecule has 0 spiro atoms. The molecule has 24 heavy (non-hydrogen) atoms. The average Bonchev–Trinajstić information content (AvgIpc) is 2.42. The van der Waals surface area contributed by atoms with Crippen LogP contribution < -0.4 is 0 Å². The van der Waals surface area contributed by atoms with Crippen LogP contribution in [0.4, 0.5) is 0 Å². The first kappa shape index (κ1) is 20.5. The minimum Gasteiger partial charge on any atom is -0.507 e. The first-order valence-electron chi connectivity index (χ1n) is 8.88. The fraction of sp³-hybridized carbons (Fsp3) is 0.667. The Kier molecular flexibility index (Phi) is 5.80. The van der Waals surface area contributed by atoms with Crippen LogP contribution in [-0.4, -0.2) is 16.2 Å². The number of benzene rings is 1. The van der Waals surface area contributed by atoms with Crippen molar-refractivity contribution in [3.8, 4) is 5.75 Å². The van der Waals surface area contributed by atoms with Gasteiger partial charge in [0, 0.05) is 5.41 Å². The number of hydrogen-bond acceptors (Lipinski definition) is 2. The van der Waals surface area contributed by atoms with Gasteiger partial charge in [0.2, 0.25) is 0 Å². The van der Waals surface area contributed by atoms with E-state index in [2.05, 4.69) is 41.5 Å². The van der Waals surface area contributed by atoms with Crippen molar-refractivity contribution in [2.24, 2.45) is 0 Å². The molecular formula is C21H34O3. The molecule has 1 aromatic rings. The van der Waals surface area contributed by atoms with Crippen LogP contribution in [-0.2, 0) is 21.0 Å². The molecule has 0 aliphatic rings. The van der Waals surface area contributed by atoms with E-state index in [1.165, 1.54) is 0 Å². The summed E-state index contributed by atoms with van der Waals surface area (Å²) in [6, 6.07) is 4.06. The number of carbonyl (C=O) groups is 1. The highest BCUT2D eigenvalue weighted by molar-refractivity contribution is 5.69. The quantitative estimate of drug-likeness (QED) is 0.745. The van der Waals surface area contributed by atoms with Crippen molar-refractivity contribution >= 4 is 5.97 Å². The summed E-state index contributed by atoms with van der Waals surface area (Å²) in [5, 5.41) is 20.3. The monoisotopic (exact) mass is 334 g/mol. The molecule has 3 nitrogen and oxygen atoms in total. The zero-order chi connectivity index (χ0) is 18.9. The van der Waals surface area contributed by atoms with Gasteiger partial charge in [0.25, 0.3) is 0 Å². The Morgan fingerprint density at radius 1 is 0.917 bits per heavy atom. The van der Waals surface area contributed by atoms with E-state index in [4.69, 9.17) is 0 Å². The lowest BCUT2D eigenvalue weighted by atomic mass is 9.69. The molecule has 3 heteroatoms. The molecular weight excluding hydrogens is 300 g/mol. The van der Waals surface area contributed by atoms with Gasteiger partial charge in [0.1, 0.15) is 5.75 Å². The van der Waals surface area contributed by atoms with Crippen molar-refractivity contribution in [3.63, 3.8) is 0 Å². The second-order valence-corrected chi connectivity index (χ2v) is 8.98. The third kappa shape index (κ3) is 4.12. The Morgan fingerprint density at radius 2 is 1.29 bits per heavy atom. The number of phenolic OH excluding ortho intramolecular Hbond substituents is 1. The zero-order valence-electron chi connectivity index (χ0n) is 16.6. The maximum absolute atomic E-state index is 11.5. The van der Waals surface area contributed by atoms with E-state index in [0.29, 0.717) is 5.75 Å². The summed E-state index contributed by atoms with van der Waals surface area (Å²) in [4.78, 5) is 11.5. The van der Waals surface area contributed by atoms with Gasteiger partial charge in [-0.15, -0.1) is 0 Å². The van der Waals surface area contributed by atoms with E-state index in [0.717, 1.165) is 29.5 Å². The number of hydrogen-bond donors (Lipinski definition) is 2. The number of phenols is 1. The summed E-state index contributed by atoms with van der Waals surface area (Å²) >= 11 is 0. The highest BCUT2D eigenvalue weighted by Gasteiger charge is 2.35. The Labute approximate surface area is 147 Å². The smallest absolute Gasteiger partial charge is 0.304 e. The molecule has 0 amide bonds. The first-order chi connectivity index (χ1) is 10.8. The Morgan fingerprint density at radius 3 is 1.54 bits per heavy atom. The third-order valence-electron chi connectivity index (χ3n) is 5.18. The van der Waals surface area contributed by atoms with Crippen LogP contribution in [0.3, 0.4) is 0 Å². The van der Waals surface area contributed by atoms with E-state index in [-0.39, 0.29) is 17.3 Å². The van der Waals surface area contributed by atoms with Gasteiger partial charge < -0.3 is 10.2 Å². The summed E-state index contributed by atoms with van der Waals surface area (Å²) in [5.74, 6) is -0.434. The number of carboxylic acids is 1. The third-order valence-corrected chi connectivity index (χ3v) is 5.18. The molecule has 1 rings (SSSR count). The van der Waals surface area contributed by atoms with Gasteiger partial charge in [0.05, 0.1) is 6.42 Å². The van der Waals surface area contributed by atoms with Gasteiger partial charge in [-0.25, -0.2) is 0 Å². The van der Waals surface area contributed by atoms with Gasteiger partial charge in [-0.1, -0.05) is 67.5 Å². The minimum atomic E-state index is -0.776. The van der Waals surface area contributed by atoms with Gasteiger partial charge in [-0.3, -0.25) is 4.79 Å². The van der Waals surface area contributed by atoms with Crippen molar-refractivity contribution in [1.29, 1.82) is 0 Å². The summed E-state index contributed by atoms with van der Waals surface area (Å²) < 4.78 is 0. The molecule has 0 bridgehead atoms. The van der Waals surface area contributed by atoms with Crippen LogP contribution in [0.15, 0.2) is 12.1 Å². The van der Waals surface area contributed by atoms with Crippen molar-refractivity contribution in [2.45, 2.75) is 90.9 Å². The molecule has 0 unspecified atom stereocenters. The molecule has 2 N–H and O–H groups in total. The van der Waals surface area contributed by atoms with Gasteiger partial charge in [-0.05, 0) is 40.4 Å². The average molecular weight is 335 g/mol. The number of carboxylic acid groups (broad SMARTS) is 1. The van der Waals surface area contributed by atoms with E-state index in [9.17, 15) is 15.0 Å². The Balaban J connectivity index is 3.78. The lowest BCUT2D eigenvalue weighted by Crippen LogP contribution is -2.30. The molecule has 0 saturated carbocycles. The predicted molar refractivity (Wildman–Crippen MR) is 100 cm³/mol. The topological polar surface area (TPSA) is 57.5 Å². The SMILES string of the molecule is CCC(CC)(CC(=O)O)c1cc(C(C)(C)C)c(O)c(C(C)(C)C)c1. The summed E-state index contributed by atoms with van der Waals surface area (Å²) in [6.07, 6.45) is 1.62. The van der Waals surface area contributed by atoms with Gasteiger partial charge >= 0.3 is 5.97 Å². The number of rotatable bonds is 5. The maximum atomic E-state index is 11.5. The normalized spacial score (nSPS) is 13.2. The van der Waals surface area contributed by atoms with Crippen LogP contribution in [0.5, 0.6) is 5.75 Å². The summed E-state index contributed by atoms with van der Waals surface area (Å²) in [5.41, 5.74) is 1.98. The highest BCUT2D eigenvalue weighted by Crippen LogP contribution is 2.44. The standard InChI is InChI=1S/C21H34O3/c1-9-21(10-2,13-17(22)23)14-11-15(19(3,4)5)18(24)16(12-14)20(6,7)8/h11-12,24H,9-10,13H2,1-8H3,(H,22,23). The number of aliphatic carboxylic acids is 1. The van der Waals surface area contributed by atoms with E-state index in [1.807, 2.05) is 26.0 Å². The fourth-order valence-electron chi connectivity index (χ4n) is 3.38. The van der Waals surface area contributed by atoms with Crippen molar-refractivity contribution in [1.82, 2.24) is 0 Å². The molecule has 0 aliphatic heterocycles. The van der Waals surface area contributed by atoms with Crippen LogP contribution in [0.1, 0.15) is 91.3 Å². The Hall–Kier alpha value is -1.51. The van der Waals surface area contributed by atoms with Crippen LogP contribution in [0.25, 0.3) is 0 Å². The van der Waals surface area contributed by atoms with Crippen molar-refractivity contribution in [2.75, 3.05) is 0 Å². The maximum Gasteiger partial charge on any atom is 0.304 e. The molecule has 0 atom stereocenters.